The van der Waals surface area contributed by atoms with Crippen LogP contribution in [0, 0.1) is 0 Å². The Bertz CT molecular complexity index is 485. The fraction of sp³-hybridized carbons (Fsp3) is 0.357. The molecule has 4 heteroatoms. The van der Waals surface area contributed by atoms with E-state index in [1.54, 1.807) is 6.20 Å². The summed E-state index contributed by atoms with van der Waals surface area (Å²) >= 11 is 0. The Kier molecular flexibility index (Phi) is 3.67. The Balaban J connectivity index is 2.07. The molecule has 0 saturated heterocycles. The summed E-state index contributed by atoms with van der Waals surface area (Å²) in [6.45, 7) is 7.17. The van der Waals surface area contributed by atoms with Crippen molar-refractivity contribution in [1.29, 1.82) is 0 Å². The molecule has 18 heavy (non-hydrogen) atoms. The van der Waals surface area contributed by atoms with E-state index >= 15 is 0 Å². The van der Waals surface area contributed by atoms with Gasteiger partial charge in [-0.1, -0.05) is 6.07 Å². The molecule has 0 aliphatic heterocycles. The molecule has 0 aromatic carbocycles. The predicted octanol–water partition coefficient (Wildman–Crippen LogP) is 2.43. The SMILES string of the molecule is CC(C)(C)NCc1cnc(-c2ccccn2)nc1. The molecule has 0 aliphatic carbocycles. The molecular formula is C14H18N4. The third kappa shape index (κ3) is 3.60. The lowest BCUT2D eigenvalue weighted by Gasteiger charge is -2.20. The smallest absolute Gasteiger partial charge is 0.178 e. The van der Waals surface area contributed by atoms with Gasteiger partial charge >= 0.3 is 0 Å². The molecule has 0 spiro atoms. The highest BCUT2D eigenvalue weighted by molar-refractivity contribution is 5.47. The van der Waals surface area contributed by atoms with E-state index in [9.17, 15) is 0 Å². The van der Waals surface area contributed by atoms with Crippen molar-refractivity contribution in [2.24, 2.45) is 0 Å². The summed E-state index contributed by atoms with van der Waals surface area (Å²) in [7, 11) is 0. The van der Waals surface area contributed by atoms with E-state index in [0.717, 1.165) is 17.8 Å². The Morgan fingerprint density at radius 3 is 2.33 bits per heavy atom. The lowest BCUT2D eigenvalue weighted by molar-refractivity contribution is 0.423. The molecule has 0 amide bonds. The summed E-state index contributed by atoms with van der Waals surface area (Å²) in [5, 5.41) is 3.40. The molecule has 0 aliphatic rings. The van der Waals surface area contributed by atoms with Gasteiger partial charge in [0.25, 0.3) is 0 Å². The van der Waals surface area contributed by atoms with Crippen LogP contribution in [0.1, 0.15) is 26.3 Å². The molecule has 4 nitrogen and oxygen atoms in total. The second-order valence-electron chi connectivity index (χ2n) is 5.23. The van der Waals surface area contributed by atoms with Crippen molar-refractivity contribution in [2.45, 2.75) is 32.9 Å². The number of nitrogens with zero attached hydrogens (tertiary/aromatic N) is 3. The van der Waals surface area contributed by atoms with Crippen molar-refractivity contribution >= 4 is 0 Å². The standard InChI is InChI=1S/C14H18N4/c1-14(2,3)18-10-11-8-16-13(17-9-11)12-6-4-5-7-15-12/h4-9,18H,10H2,1-3H3. The van der Waals surface area contributed by atoms with Crippen molar-refractivity contribution in [3.05, 3.63) is 42.4 Å². The van der Waals surface area contributed by atoms with Gasteiger partial charge in [0.1, 0.15) is 5.69 Å². The van der Waals surface area contributed by atoms with Gasteiger partial charge in [0, 0.05) is 36.2 Å². The van der Waals surface area contributed by atoms with Crippen molar-refractivity contribution < 1.29 is 0 Å². The van der Waals surface area contributed by atoms with Gasteiger partial charge in [0.2, 0.25) is 0 Å². The molecule has 2 aromatic rings. The van der Waals surface area contributed by atoms with E-state index in [1.807, 2.05) is 30.6 Å². The van der Waals surface area contributed by atoms with E-state index in [1.165, 1.54) is 0 Å². The highest BCUT2D eigenvalue weighted by Gasteiger charge is 2.09. The zero-order valence-electron chi connectivity index (χ0n) is 11.0. The molecule has 0 fully saturated rings. The first-order valence-corrected chi connectivity index (χ1v) is 6.02. The number of hydrogen-bond acceptors (Lipinski definition) is 4. The summed E-state index contributed by atoms with van der Waals surface area (Å²) in [6.07, 6.45) is 5.43. The molecular weight excluding hydrogens is 224 g/mol. The van der Waals surface area contributed by atoms with Gasteiger partial charge in [-0.05, 0) is 32.9 Å². The first-order chi connectivity index (χ1) is 8.54. The molecule has 2 heterocycles. The Hall–Kier alpha value is -1.81. The van der Waals surface area contributed by atoms with Gasteiger partial charge in [0.05, 0.1) is 0 Å². The van der Waals surface area contributed by atoms with Gasteiger partial charge in [-0.3, -0.25) is 4.98 Å². The van der Waals surface area contributed by atoms with E-state index < -0.39 is 0 Å². The first kappa shape index (κ1) is 12.6. The third-order valence-electron chi connectivity index (χ3n) is 2.42. The topological polar surface area (TPSA) is 50.7 Å². The Morgan fingerprint density at radius 2 is 1.78 bits per heavy atom. The maximum Gasteiger partial charge on any atom is 0.178 e. The van der Waals surface area contributed by atoms with Crippen LogP contribution in [0.2, 0.25) is 0 Å². The number of rotatable bonds is 3. The normalized spacial score (nSPS) is 11.5. The number of pyridine rings is 1. The van der Waals surface area contributed by atoms with E-state index in [0.29, 0.717) is 5.82 Å². The van der Waals surface area contributed by atoms with Gasteiger partial charge in [-0.25, -0.2) is 9.97 Å². The molecule has 94 valence electrons. The number of nitrogens with one attached hydrogen (secondary N) is 1. The van der Waals surface area contributed by atoms with Crippen LogP contribution < -0.4 is 5.32 Å². The van der Waals surface area contributed by atoms with Crippen molar-refractivity contribution in [3.8, 4) is 11.5 Å². The van der Waals surface area contributed by atoms with Crippen LogP contribution in [0.15, 0.2) is 36.8 Å². The zero-order chi connectivity index (χ0) is 13.0. The van der Waals surface area contributed by atoms with Crippen LogP contribution in [-0.4, -0.2) is 20.5 Å². The van der Waals surface area contributed by atoms with Crippen molar-refractivity contribution in [1.82, 2.24) is 20.3 Å². The first-order valence-electron chi connectivity index (χ1n) is 6.02. The minimum absolute atomic E-state index is 0.0969. The lowest BCUT2D eigenvalue weighted by Crippen LogP contribution is -2.35. The second-order valence-corrected chi connectivity index (χ2v) is 5.23. The number of hydrogen-bond donors (Lipinski definition) is 1. The maximum atomic E-state index is 4.34. The molecule has 2 aromatic heterocycles. The summed E-state index contributed by atoms with van der Waals surface area (Å²) in [6, 6.07) is 5.72. The minimum atomic E-state index is 0.0969. The number of aromatic nitrogens is 3. The average Bonchev–Trinajstić information content (AvgIpc) is 2.37. The van der Waals surface area contributed by atoms with Crippen LogP contribution in [-0.2, 0) is 6.54 Å². The lowest BCUT2D eigenvalue weighted by atomic mass is 10.1. The van der Waals surface area contributed by atoms with Crippen molar-refractivity contribution in [2.75, 3.05) is 0 Å². The van der Waals surface area contributed by atoms with Crippen LogP contribution in [0.25, 0.3) is 11.5 Å². The van der Waals surface area contributed by atoms with Gasteiger partial charge in [0.15, 0.2) is 5.82 Å². The second kappa shape index (κ2) is 5.23. The van der Waals surface area contributed by atoms with Crippen LogP contribution >= 0.6 is 0 Å². The largest absolute Gasteiger partial charge is 0.308 e. The van der Waals surface area contributed by atoms with E-state index in [-0.39, 0.29) is 5.54 Å². The molecule has 0 saturated carbocycles. The molecule has 2 rings (SSSR count). The van der Waals surface area contributed by atoms with Crippen LogP contribution in [0.3, 0.4) is 0 Å². The van der Waals surface area contributed by atoms with Gasteiger partial charge in [-0.15, -0.1) is 0 Å². The molecule has 0 atom stereocenters. The molecule has 1 N–H and O–H groups in total. The van der Waals surface area contributed by atoms with E-state index in [4.69, 9.17) is 0 Å². The molecule has 0 bridgehead atoms. The molecule has 0 unspecified atom stereocenters. The molecule has 0 radical (unpaired) electrons. The summed E-state index contributed by atoms with van der Waals surface area (Å²) in [5.41, 5.74) is 1.97. The van der Waals surface area contributed by atoms with Crippen LogP contribution in [0.4, 0.5) is 0 Å². The quantitative estimate of drug-likeness (QED) is 0.898. The van der Waals surface area contributed by atoms with E-state index in [2.05, 4.69) is 41.0 Å². The zero-order valence-corrected chi connectivity index (χ0v) is 11.0. The summed E-state index contributed by atoms with van der Waals surface area (Å²) < 4.78 is 0. The minimum Gasteiger partial charge on any atom is -0.308 e. The Morgan fingerprint density at radius 1 is 1.06 bits per heavy atom. The Labute approximate surface area is 108 Å². The average molecular weight is 242 g/mol. The highest BCUT2D eigenvalue weighted by Crippen LogP contribution is 2.10. The van der Waals surface area contributed by atoms with Crippen LogP contribution in [0.5, 0.6) is 0 Å². The van der Waals surface area contributed by atoms with Gasteiger partial charge in [-0.2, -0.15) is 0 Å². The predicted molar refractivity (Wildman–Crippen MR) is 71.9 cm³/mol. The van der Waals surface area contributed by atoms with Crippen molar-refractivity contribution in [3.63, 3.8) is 0 Å². The monoisotopic (exact) mass is 242 g/mol. The van der Waals surface area contributed by atoms with Gasteiger partial charge < -0.3 is 5.32 Å². The maximum absolute atomic E-state index is 4.34. The summed E-state index contributed by atoms with van der Waals surface area (Å²) in [5.74, 6) is 0.662. The third-order valence-corrected chi connectivity index (χ3v) is 2.42. The summed E-state index contributed by atoms with van der Waals surface area (Å²) in [4.78, 5) is 12.9. The highest BCUT2D eigenvalue weighted by atomic mass is 15.0. The fourth-order valence-corrected chi connectivity index (χ4v) is 1.44. The fourth-order valence-electron chi connectivity index (χ4n) is 1.44.